The summed E-state index contributed by atoms with van der Waals surface area (Å²) in [6.07, 6.45) is 0. The van der Waals surface area contributed by atoms with Crippen molar-refractivity contribution in [3.05, 3.63) is 22.9 Å². The predicted octanol–water partition coefficient (Wildman–Crippen LogP) is 1.06. The Hall–Kier alpha value is -1.09. The standard InChI is InChI=1S/C8H12N3/c1-5-3-8(10)11-6(2)7(5)4-9/h3,9H,4H2,1-2H3,(H2,10,11). The third kappa shape index (κ3) is 1.49. The third-order valence-corrected chi connectivity index (χ3v) is 1.75. The van der Waals surface area contributed by atoms with Crippen LogP contribution in [0, 0.1) is 13.8 Å². The van der Waals surface area contributed by atoms with Crippen molar-refractivity contribution < 1.29 is 0 Å². The molecule has 0 aliphatic carbocycles. The molecule has 0 saturated carbocycles. The number of aryl methyl sites for hydroxylation is 2. The Balaban J connectivity index is 3.25. The van der Waals surface area contributed by atoms with Crippen LogP contribution in [-0.2, 0) is 6.54 Å². The van der Waals surface area contributed by atoms with Gasteiger partial charge in [-0.3, -0.25) is 5.73 Å². The van der Waals surface area contributed by atoms with Gasteiger partial charge in [-0.05, 0) is 31.0 Å². The van der Waals surface area contributed by atoms with E-state index in [9.17, 15) is 0 Å². The van der Waals surface area contributed by atoms with Crippen LogP contribution in [0.1, 0.15) is 16.8 Å². The molecule has 1 rings (SSSR count). The van der Waals surface area contributed by atoms with Crippen molar-refractivity contribution in [1.29, 1.82) is 0 Å². The van der Waals surface area contributed by atoms with Crippen LogP contribution >= 0.6 is 0 Å². The molecule has 1 aromatic heterocycles. The Morgan fingerprint density at radius 1 is 1.55 bits per heavy atom. The number of aromatic nitrogens is 1. The highest BCUT2D eigenvalue weighted by Crippen LogP contribution is 2.13. The number of hydrogen-bond donors (Lipinski definition) is 1. The summed E-state index contributed by atoms with van der Waals surface area (Å²) in [5, 5.41) is 0. The van der Waals surface area contributed by atoms with Gasteiger partial charge in [-0.15, -0.1) is 0 Å². The van der Waals surface area contributed by atoms with Crippen molar-refractivity contribution in [1.82, 2.24) is 10.7 Å². The van der Waals surface area contributed by atoms with Crippen LogP contribution in [0.2, 0.25) is 0 Å². The average Bonchev–Trinajstić information content (AvgIpc) is 1.85. The lowest BCUT2D eigenvalue weighted by Crippen LogP contribution is -2.00. The van der Waals surface area contributed by atoms with Crippen molar-refractivity contribution >= 4 is 5.82 Å². The first kappa shape index (κ1) is 8.01. The molecule has 3 nitrogen and oxygen atoms in total. The molecule has 0 aliphatic rings. The van der Waals surface area contributed by atoms with Gasteiger partial charge in [0.25, 0.3) is 0 Å². The zero-order valence-corrected chi connectivity index (χ0v) is 6.81. The van der Waals surface area contributed by atoms with E-state index in [0.717, 1.165) is 16.8 Å². The van der Waals surface area contributed by atoms with Gasteiger partial charge in [-0.1, -0.05) is 0 Å². The van der Waals surface area contributed by atoms with Crippen LogP contribution in [0.5, 0.6) is 0 Å². The Kier molecular flexibility index (Phi) is 2.10. The smallest absolute Gasteiger partial charge is 0.123 e. The third-order valence-electron chi connectivity index (χ3n) is 1.75. The summed E-state index contributed by atoms with van der Waals surface area (Å²) in [4.78, 5) is 4.06. The molecule has 0 saturated heterocycles. The first-order valence-corrected chi connectivity index (χ1v) is 3.52. The highest BCUT2D eigenvalue weighted by molar-refractivity contribution is 5.39. The molecule has 0 atom stereocenters. The molecule has 0 fully saturated rings. The van der Waals surface area contributed by atoms with E-state index < -0.39 is 0 Å². The molecule has 3 heteroatoms. The molecule has 0 unspecified atom stereocenters. The second-order valence-electron chi connectivity index (χ2n) is 2.60. The minimum Gasteiger partial charge on any atom is -0.384 e. The number of nitrogens with zero attached hydrogens (tertiary/aromatic N) is 1. The van der Waals surface area contributed by atoms with Gasteiger partial charge in [-0.25, -0.2) is 4.98 Å². The van der Waals surface area contributed by atoms with Gasteiger partial charge in [0.1, 0.15) is 5.82 Å². The molecular weight excluding hydrogens is 138 g/mol. The SMILES string of the molecule is Cc1cc(N)nc(C)c1C[NH]. The van der Waals surface area contributed by atoms with Crippen molar-refractivity contribution in [3.63, 3.8) is 0 Å². The summed E-state index contributed by atoms with van der Waals surface area (Å²) in [5.41, 5.74) is 15.6. The molecule has 1 heterocycles. The van der Waals surface area contributed by atoms with Gasteiger partial charge in [0.2, 0.25) is 0 Å². The molecule has 0 amide bonds. The molecule has 11 heavy (non-hydrogen) atoms. The largest absolute Gasteiger partial charge is 0.384 e. The zero-order chi connectivity index (χ0) is 8.43. The van der Waals surface area contributed by atoms with Crippen molar-refractivity contribution in [2.75, 3.05) is 5.73 Å². The monoisotopic (exact) mass is 150 g/mol. The van der Waals surface area contributed by atoms with E-state index in [2.05, 4.69) is 4.98 Å². The van der Waals surface area contributed by atoms with Crippen LogP contribution < -0.4 is 11.5 Å². The Bertz CT molecular complexity index is 245. The van der Waals surface area contributed by atoms with Gasteiger partial charge in [0, 0.05) is 12.2 Å². The first-order valence-electron chi connectivity index (χ1n) is 3.52. The number of nitrogen functional groups attached to an aromatic ring is 1. The summed E-state index contributed by atoms with van der Waals surface area (Å²) in [6, 6.07) is 1.80. The average molecular weight is 150 g/mol. The van der Waals surface area contributed by atoms with Gasteiger partial charge in [-0.2, -0.15) is 0 Å². The molecule has 3 N–H and O–H groups in total. The highest BCUT2D eigenvalue weighted by Gasteiger charge is 2.02. The van der Waals surface area contributed by atoms with E-state index >= 15 is 0 Å². The lowest BCUT2D eigenvalue weighted by atomic mass is 10.1. The normalized spacial score (nSPS) is 10.1. The van der Waals surface area contributed by atoms with E-state index in [1.165, 1.54) is 0 Å². The molecule has 1 aromatic rings. The minimum absolute atomic E-state index is 0.283. The van der Waals surface area contributed by atoms with Crippen molar-refractivity contribution in [2.45, 2.75) is 20.4 Å². The van der Waals surface area contributed by atoms with E-state index in [0.29, 0.717) is 5.82 Å². The van der Waals surface area contributed by atoms with Gasteiger partial charge >= 0.3 is 0 Å². The molecule has 0 spiro atoms. The molecule has 1 radical (unpaired) electrons. The summed E-state index contributed by atoms with van der Waals surface area (Å²) in [6.45, 7) is 4.12. The predicted molar refractivity (Wildman–Crippen MR) is 44.9 cm³/mol. The maximum absolute atomic E-state index is 7.22. The zero-order valence-electron chi connectivity index (χ0n) is 6.81. The summed E-state index contributed by atoms with van der Waals surface area (Å²) >= 11 is 0. The van der Waals surface area contributed by atoms with Gasteiger partial charge in [0.05, 0.1) is 0 Å². The Morgan fingerprint density at radius 3 is 2.64 bits per heavy atom. The molecule has 0 aromatic carbocycles. The maximum Gasteiger partial charge on any atom is 0.123 e. The lowest BCUT2D eigenvalue weighted by Gasteiger charge is -2.06. The quantitative estimate of drug-likeness (QED) is 0.650. The minimum atomic E-state index is 0.283. The van der Waals surface area contributed by atoms with E-state index in [1.807, 2.05) is 13.8 Å². The molecule has 0 aliphatic heterocycles. The van der Waals surface area contributed by atoms with Crippen molar-refractivity contribution in [3.8, 4) is 0 Å². The van der Waals surface area contributed by atoms with E-state index in [1.54, 1.807) is 6.07 Å². The molecule has 59 valence electrons. The number of pyridine rings is 1. The summed E-state index contributed by atoms with van der Waals surface area (Å²) < 4.78 is 0. The number of nitrogens with two attached hydrogens (primary N) is 1. The second kappa shape index (κ2) is 2.88. The molecular formula is C8H12N3. The van der Waals surface area contributed by atoms with Gasteiger partial charge < -0.3 is 5.73 Å². The second-order valence-corrected chi connectivity index (χ2v) is 2.60. The van der Waals surface area contributed by atoms with Crippen molar-refractivity contribution in [2.24, 2.45) is 0 Å². The maximum atomic E-state index is 7.22. The number of hydrogen-bond acceptors (Lipinski definition) is 2. The Morgan fingerprint density at radius 2 is 2.18 bits per heavy atom. The number of anilines is 1. The van der Waals surface area contributed by atoms with E-state index in [-0.39, 0.29) is 6.54 Å². The fourth-order valence-electron chi connectivity index (χ4n) is 1.16. The van der Waals surface area contributed by atoms with Crippen LogP contribution in [-0.4, -0.2) is 4.98 Å². The van der Waals surface area contributed by atoms with Crippen LogP contribution in [0.25, 0.3) is 0 Å². The summed E-state index contributed by atoms with van der Waals surface area (Å²) in [5.74, 6) is 0.539. The van der Waals surface area contributed by atoms with Crippen LogP contribution in [0.3, 0.4) is 0 Å². The van der Waals surface area contributed by atoms with Crippen LogP contribution in [0.4, 0.5) is 5.82 Å². The first-order chi connectivity index (χ1) is 5.15. The number of rotatable bonds is 1. The molecule has 0 bridgehead atoms. The van der Waals surface area contributed by atoms with Crippen LogP contribution in [0.15, 0.2) is 6.07 Å². The summed E-state index contributed by atoms with van der Waals surface area (Å²) in [7, 11) is 0. The Labute approximate surface area is 66.4 Å². The lowest BCUT2D eigenvalue weighted by molar-refractivity contribution is 0.963. The van der Waals surface area contributed by atoms with Gasteiger partial charge in [0.15, 0.2) is 0 Å². The number of nitrogens with one attached hydrogen (secondary N) is 1. The fraction of sp³-hybridized carbons (Fsp3) is 0.375. The highest BCUT2D eigenvalue weighted by atomic mass is 14.8. The fourth-order valence-corrected chi connectivity index (χ4v) is 1.16. The topological polar surface area (TPSA) is 62.7 Å². The van der Waals surface area contributed by atoms with E-state index in [4.69, 9.17) is 11.5 Å².